The molecule has 39 heavy (non-hydrogen) atoms. The number of rotatable bonds is 14. The molecule has 0 radical (unpaired) electrons. The number of carbonyl (C=O) groups is 3. The summed E-state index contributed by atoms with van der Waals surface area (Å²) in [5, 5.41) is 20.6. The van der Waals surface area contributed by atoms with E-state index < -0.39 is 59.9 Å². The fourth-order valence-electron chi connectivity index (χ4n) is 5.28. The van der Waals surface area contributed by atoms with E-state index in [1.165, 1.54) is 14.0 Å². The number of hydrogen-bond acceptors (Lipinski definition) is 9. The van der Waals surface area contributed by atoms with E-state index in [2.05, 4.69) is 0 Å². The van der Waals surface area contributed by atoms with Crippen LogP contribution >= 0.6 is 0 Å². The summed E-state index contributed by atoms with van der Waals surface area (Å²) in [5.41, 5.74) is -0.741. The molecule has 10 heteroatoms. The third kappa shape index (κ3) is 8.31. The Labute approximate surface area is 231 Å². The number of aliphatic carboxylic acids is 1. The molecule has 1 aromatic rings. The number of aliphatic hydroxyl groups excluding tert-OH is 1. The van der Waals surface area contributed by atoms with Crippen molar-refractivity contribution in [2.45, 2.75) is 89.8 Å². The first-order valence-electron chi connectivity index (χ1n) is 13.4. The summed E-state index contributed by atoms with van der Waals surface area (Å²) >= 11 is 0. The molecule has 1 saturated heterocycles. The molecule has 1 aliphatic heterocycles. The second kappa shape index (κ2) is 14.3. The minimum absolute atomic E-state index is 0.240. The van der Waals surface area contributed by atoms with E-state index >= 15 is 0 Å². The third-order valence-electron chi connectivity index (χ3n) is 7.73. The number of ether oxygens (including phenoxy) is 4. The molecule has 220 valence electrons. The van der Waals surface area contributed by atoms with Crippen molar-refractivity contribution >= 4 is 18.2 Å². The number of likely N-dealkylation sites (N-methyl/N-ethyl adjacent to an activating group) is 1. The number of aliphatic hydroxyl groups is 1. The molecule has 0 aromatic heterocycles. The Kier molecular flexibility index (Phi) is 12.1. The number of methoxy groups -OCH3 is 1. The van der Waals surface area contributed by atoms with Gasteiger partial charge in [0.05, 0.1) is 41.4 Å². The van der Waals surface area contributed by atoms with Crippen molar-refractivity contribution in [3.05, 3.63) is 35.9 Å². The van der Waals surface area contributed by atoms with Gasteiger partial charge in [0.15, 0.2) is 12.4 Å². The molecule has 0 aliphatic carbocycles. The second-order valence-electron chi connectivity index (χ2n) is 11.2. The highest BCUT2D eigenvalue weighted by Gasteiger charge is 2.49. The highest BCUT2D eigenvalue weighted by atomic mass is 16.7. The van der Waals surface area contributed by atoms with Crippen LogP contribution in [0.5, 0.6) is 0 Å². The van der Waals surface area contributed by atoms with Gasteiger partial charge in [-0.3, -0.25) is 4.79 Å². The maximum Gasteiger partial charge on any atom is 0.338 e. The average molecular weight is 552 g/mol. The smallest absolute Gasteiger partial charge is 0.338 e. The molecule has 2 N–H and O–H groups in total. The fourth-order valence-corrected chi connectivity index (χ4v) is 5.28. The van der Waals surface area contributed by atoms with E-state index in [1.807, 2.05) is 25.9 Å². The molecular weight excluding hydrogens is 506 g/mol. The van der Waals surface area contributed by atoms with Crippen LogP contribution in [0.4, 0.5) is 0 Å². The van der Waals surface area contributed by atoms with E-state index in [0.29, 0.717) is 12.0 Å². The molecule has 0 amide bonds. The zero-order valence-corrected chi connectivity index (χ0v) is 24.3. The minimum atomic E-state index is -1.30. The van der Waals surface area contributed by atoms with Crippen molar-refractivity contribution in [1.82, 2.24) is 4.90 Å². The van der Waals surface area contributed by atoms with E-state index in [9.17, 15) is 24.6 Å². The Morgan fingerprint density at radius 2 is 1.82 bits per heavy atom. The third-order valence-corrected chi connectivity index (χ3v) is 7.73. The summed E-state index contributed by atoms with van der Waals surface area (Å²) in [5.74, 6) is -3.95. The van der Waals surface area contributed by atoms with Gasteiger partial charge in [0.1, 0.15) is 6.29 Å². The van der Waals surface area contributed by atoms with Crippen LogP contribution in [0.1, 0.15) is 57.8 Å². The van der Waals surface area contributed by atoms with Crippen LogP contribution in [0.15, 0.2) is 30.3 Å². The summed E-state index contributed by atoms with van der Waals surface area (Å²) < 4.78 is 24.7. The standard InChI is InChI=1S/C29H45NO9/c1-17(16-31)15-29(5,36-8)25(19(3)23(32)20(4)26(33)34)39-28-24(22(30(6)7)14-18(2)37-28)38-27(35)21-12-10-9-11-13-21/h9-13,16-20,22-25,28,32H,14-15H2,1-8H3,(H,33,34)/t17-,18-,19+,20-,22+,23+,24-,25-,28?,29-/m1/s1. The highest BCUT2D eigenvalue weighted by Crippen LogP contribution is 2.37. The van der Waals surface area contributed by atoms with Gasteiger partial charge in [-0.1, -0.05) is 32.0 Å². The maximum atomic E-state index is 13.1. The van der Waals surface area contributed by atoms with Gasteiger partial charge in [-0.05, 0) is 59.8 Å². The molecule has 10 atom stereocenters. The van der Waals surface area contributed by atoms with Crippen molar-refractivity contribution in [1.29, 1.82) is 0 Å². The van der Waals surface area contributed by atoms with Gasteiger partial charge in [0.25, 0.3) is 0 Å². The van der Waals surface area contributed by atoms with E-state index in [1.54, 1.807) is 51.1 Å². The fraction of sp³-hybridized carbons (Fsp3) is 0.690. The first-order valence-corrected chi connectivity index (χ1v) is 13.4. The zero-order chi connectivity index (χ0) is 29.5. The molecule has 0 bridgehead atoms. The maximum absolute atomic E-state index is 13.1. The molecule has 1 fully saturated rings. The van der Waals surface area contributed by atoms with Crippen molar-refractivity contribution in [3.8, 4) is 0 Å². The van der Waals surface area contributed by atoms with Crippen molar-refractivity contribution < 1.29 is 43.5 Å². The van der Waals surface area contributed by atoms with Gasteiger partial charge in [0, 0.05) is 18.9 Å². The van der Waals surface area contributed by atoms with E-state index in [-0.39, 0.29) is 18.6 Å². The number of esters is 1. The zero-order valence-electron chi connectivity index (χ0n) is 24.3. The van der Waals surface area contributed by atoms with E-state index in [4.69, 9.17) is 18.9 Å². The lowest BCUT2D eigenvalue weighted by Gasteiger charge is -2.48. The SMILES string of the molecule is CO[C@](C)(C[C@@H](C)C=O)[C@H](OC1O[C@H](C)C[C@H](N(C)C)[C@H]1OC(=O)c1ccccc1)[C@@H](C)[C@H](O)[C@@H](C)C(=O)O. The Morgan fingerprint density at radius 3 is 2.33 bits per heavy atom. The van der Waals surface area contributed by atoms with Crippen LogP contribution in [-0.4, -0.2) is 96.9 Å². The molecule has 1 heterocycles. The summed E-state index contributed by atoms with van der Waals surface area (Å²) in [6, 6.07) is 8.35. The van der Waals surface area contributed by atoms with E-state index in [0.717, 1.165) is 6.29 Å². The lowest BCUT2D eigenvalue weighted by molar-refractivity contribution is -0.300. The van der Waals surface area contributed by atoms with Crippen LogP contribution < -0.4 is 0 Å². The van der Waals surface area contributed by atoms with Crippen LogP contribution in [0.3, 0.4) is 0 Å². The first-order chi connectivity index (χ1) is 18.2. The number of carboxylic acid groups (broad SMARTS) is 1. The van der Waals surface area contributed by atoms with Gasteiger partial charge in [0.2, 0.25) is 0 Å². The molecular formula is C29H45NO9. The van der Waals surface area contributed by atoms with Gasteiger partial charge in [-0.25, -0.2) is 4.79 Å². The number of carbonyl (C=O) groups excluding carboxylic acids is 2. The quantitative estimate of drug-likeness (QED) is 0.263. The largest absolute Gasteiger partial charge is 0.481 e. The highest BCUT2D eigenvalue weighted by molar-refractivity contribution is 5.89. The molecule has 10 nitrogen and oxygen atoms in total. The Hall–Kier alpha value is -2.37. The Bertz CT molecular complexity index is 942. The summed E-state index contributed by atoms with van der Waals surface area (Å²) in [4.78, 5) is 38.3. The van der Waals surface area contributed by atoms with Gasteiger partial charge in [-0.15, -0.1) is 0 Å². The number of nitrogens with zero attached hydrogens (tertiary/aromatic N) is 1. The average Bonchev–Trinajstić information content (AvgIpc) is 2.91. The summed E-state index contributed by atoms with van der Waals surface area (Å²) in [6.45, 7) is 8.50. The number of aldehydes is 1. The van der Waals surface area contributed by atoms with Crippen LogP contribution in [0.2, 0.25) is 0 Å². The molecule has 1 aliphatic rings. The van der Waals surface area contributed by atoms with Crippen LogP contribution in [0.25, 0.3) is 0 Å². The summed E-state index contributed by atoms with van der Waals surface area (Å²) in [7, 11) is 5.24. The topological polar surface area (TPSA) is 132 Å². The van der Waals surface area contributed by atoms with Gasteiger partial charge in [-0.2, -0.15) is 0 Å². The first kappa shape index (κ1) is 32.8. The predicted molar refractivity (Wildman–Crippen MR) is 144 cm³/mol. The number of carboxylic acids is 1. The van der Waals surface area contributed by atoms with Gasteiger partial charge < -0.3 is 38.9 Å². The molecule has 0 saturated carbocycles. The lowest BCUT2D eigenvalue weighted by atomic mass is 9.78. The van der Waals surface area contributed by atoms with Crippen LogP contribution in [-0.2, 0) is 28.5 Å². The number of hydrogen-bond donors (Lipinski definition) is 2. The van der Waals surface area contributed by atoms with Gasteiger partial charge >= 0.3 is 11.9 Å². The second-order valence-corrected chi connectivity index (χ2v) is 11.2. The minimum Gasteiger partial charge on any atom is -0.481 e. The monoisotopic (exact) mass is 551 g/mol. The predicted octanol–water partition coefficient (Wildman–Crippen LogP) is 3.01. The molecule has 0 spiro atoms. The van der Waals surface area contributed by atoms with Crippen molar-refractivity contribution in [2.24, 2.45) is 17.8 Å². The van der Waals surface area contributed by atoms with Crippen molar-refractivity contribution in [3.63, 3.8) is 0 Å². The lowest BCUT2D eigenvalue weighted by Crippen LogP contribution is -2.60. The normalized spacial score (nSPS) is 27.0. The molecule has 1 unspecified atom stereocenters. The summed E-state index contributed by atoms with van der Waals surface area (Å²) in [6.07, 6.45) is -2.78. The molecule has 1 aromatic carbocycles. The number of benzene rings is 1. The van der Waals surface area contributed by atoms with Crippen molar-refractivity contribution in [2.75, 3.05) is 21.2 Å². The van der Waals surface area contributed by atoms with Crippen LogP contribution in [0, 0.1) is 17.8 Å². The Morgan fingerprint density at radius 1 is 1.21 bits per heavy atom. The Balaban J connectivity index is 2.52. The molecule has 2 rings (SSSR count).